The summed E-state index contributed by atoms with van der Waals surface area (Å²) in [7, 11) is 0. The zero-order valence-corrected chi connectivity index (χ0v) is 14.0. The second kappa shape index (κ2) is 7.07. The lowest BCUT2D eigenvalue weighted by Crippen LogP contribution is -2.17. The number of hydrogen-bond acceptors (Lipinski definition) is 5. The maximum atomic E-state index is 4.34. The lowest BCUT2D eigenvalue weighted by Gasteiger charge is -2.18. The summed E-state index contributed by atoms with van der Waals surface area (Å²) in [5, 5.41) is 6.89. The third kappa shape index (κ3) is 3.61. The van der Waals surface area contributed by atoms with E-state index in [9.17, 15) is 0 Å². The Balaban J connectivity index is 1.40. The van der Waals surface area contributed by atoms with Gasteiger partial charge in [-0.15, -0.1) is 0 Å². The van der Waals surface area contributed by atoms with Crippen molar-refractivity contribution in [2.45, 2.75) is 44.6 Å². The average Bonchev–Trinajstić information content (AvgIpc) is 3.29. The molecule has 126 valence electrons. The van der Waals surface area contributed by atoms with E-state index >= 15 is 0 Å². The van der Waals surface area contributed by atoms with Crippen LogP contribution >= 0.6 is 0 Å². The Morgan fingerprint density at radius 1 is 0.875 bits per heavy atom. The summed E-state index contributed by atoms with van der Waals surface area (Å²) in [5.41, 5.74) is 2.37. The van der Waals surface area contributed by atoms with Crippen molar-refractivity contribution in [3.05, 3.63) is 36.7 Å². The standard InChI is InChI=1S/C19H25N5/c1-2-6-15(5-1)22-18-13-19(21-14-20-18)23-16-7-9-17(10-8-16)24-11-3-4-12-24/h7-10,13-15H,1-6,11-12H2,(H2,20,21,22,23). The molecule has 1 saturated carbocycles. The van der Waals surface area contributed by atoms with Gasteiger partial charge in [-0.2, -0.15) is 0 Å². The van der Waals surface area contributed by atoms with E-state index in [1.54, 1.807) is 6.33 Å². The highest BCUT2D eigenvalue weighted by molar-refractivity contribution is 5.62. The molecule has 24 heavy (non-hydrogen) atoms. The predicted molar refractivity (Wildman–Crippen MR) is 99.1 cm³/mol. The number of hydrogen-bond donors (Lipinski definition) is 2. The highest BCUT2D eigenvalue weighted by Gasteiger charge is 2.15. The molecule has 1 aliphatic heterocycles. The molecule has 2 aromatic rings. The molecule has 2 heterocycles. The fourth-order valence-corrected chi connectivity index (χ4v) is 3.66. The van der Waals surface area contributed by atoms with Gasteiger partial charge in [0.25, 0.3) is 0 Å². The molecule has 2 aliphatic rings. The maximum Gasteiger partial charge on any atom is 0.135 e. The topological polar surface area (TPSA) is 53.1 Å². The highest BCUT2D eigenvalue weighted by Crippen LogP contribution is 2.25. The number of aromatic nitrogens is 2. The summed E-state index contributed by atoms with van der Waals surface area (Å²) in [6.07, 6.45) is 9.34. The van der Waals surface area contributed by atoms with E-state index in [4.69, 9.17) is 0 Å². The minimum atomic E-state index is 0.562. The van der Waals surface area contributed by atoms with E-state index in [2.05, 4.69) is 49.8 Å². The minimum Gasteiger partial charge on any atom is -0.372 e. The van der Waals surface area contributed by atoms with Gasteiger partial charge in [0.15, 0.2) is 0 Å². The molecule has 1 aliphatic carbocycles. The van der Waals surface area contributed by atoms with Crippen molar-refractivity contribution < 1.29 is 0 Å². The first kappa shape index (κ1) is 15.2. The monoisotopic (exact) mass is 323 g/mol. The van der Waals surface area contributed by atoms with Gasteiger partial charge in [-0.05, 0) is 49.9 Å². The average molecular weight is 323 g/mol. The van der Waals surface area contributed by atoms with Gasteiger partial charge in [-0.25, -0.2) is 9.97 Å². The van der Waals surface area contributed by atoms with Gasteiger partial charge in [0.1, 0.15) is 18.0 Å². The Morgan fingerprint density at radius 2 is 1.58 bits per heavy atom. The number of nitrogens with one attached hydrogen (secondary N) is 2. The molecule has 0 radical (unpaired) electrons. The first-order chi connectivity index (χ1) is 11.9. The van der Waals surface area contributed by atoms with Gasteiger partial charge < -0.3 is 15.5 Å². The molecule has 1 aromatic carbocycles. The molecular formula is C19H25N5. The molecule has 2 fully saturated rings. The fourth-order valence-electron chi connectivity index (χ4n) is 3.66. The van der Waals surface area contributed by atoms with E-state index in [-0.39, 0.29) is 0 Å². The van der Waals surface area contributed by atoms with E-state index in [0.717, 1.165) is 17.3 Å². The van der Waals surface area contributed by atoms with E-state index < -0.39 is 0 Å². The maximum absolute atomic E-state index is 4.34. The normalized spacial score (nSPS) is 18.1. The third-order valence-electron chi connectivity index (χ3n) is 4.99. The van der Waals surface area contributed by atoms with Crippen LogP contribution in [0.1, 0.15) is 38.5 Å². The number of nitrogens with zero attached hydrogens (tertiary/aromatic N) is 3. The summed E-state index contributed by atoms with van der Waals surface area (Å²) in [6.45, 7) is 2.35. The lowest BCUT2D eigenvalue weighted by molar-refractivity contribution is 0.750. The fraction of sp³-hybridized carbons (Fsp3) is 0.474. The van der Waals surface area contributed by atoms with Crippen molar-refractivity contribution in [1.29, 1.82) is 0 Å². The lowest BCUT2D eigenvalue weighted by atomic mass is 10.2. The highest BCUT2D eigenvalue weighted by atomic mass is 15.1. The van der Waals surface area contributed by atoms with Crippen LogP contribution in [0, 0.1) is 0 Å². The molecule has 0 atom stereocenters. The van der Waals surface area contributed by atoms with Crippen LogP contribution in [-0.2, 0) is 0 Å². The molecule has 0 amide bonds. The Morgan fingerprint density at radius 3 is 2.33 bits per heavy atom. The number of anilines is 4. The van der Waals surface area contributed by atoms with Crippen molar-refractivity contribution in [2.75, 3.05) is 28.6 Å². The van der Waals surface area contributed by atoms with Crippen LogP contribution in [0.2, 0.25) is 0 Å². The largest absolute Gasteiger partial charge is 0.372 e. The molecule has 1 saturated heterocycles. The first-order valence-electron chi connectivity index (χ1n) is 9.07. The van der Waals surface area contributed by atoms with Crippen LogP contribution < -0.4 is 15.5 Å². The summed E-state index contributed by atoms with van der Waals surface area (Å²) in [5.74, 6) is 1.74. The molecule has 2 N–H and O–H groups in total. The Hall–Kier alpha value is -2.30. The molecule has 4 rings (SSSR count). The molecular weight excluding hydrogens is 298 g/mol. The van der Waals surface area contributed by atoms with Gasteiger partial charge in [0.2, 0.25) is 0 Å². The van der Waals surface area contributed by atoms with Gasteiger partial charge >= 0.3 is 0 Å². The molecule has 1 aromatic heterocycles. The SMILES string of the molecule is c1nc(Nc2ccc(N3CCCC3)cc2)cc(NC2CCCC2)n1. The molecule has 0 unspecified atom stereocenters. The van der Waals surface area contributed by atoms with Crippen molar-refractivity contribution in [2.24, 2.45) is 0 Å². The van der Waals surface area contributed by atoms with Crippen LogP contribution in [-0.4, -0.2) is 29.1 Å². The van der Waals surface area contributed by atoms with Crippen LogP contribution in [0.3, 0.4) is 0 Å². The zero-order chi connectivity index (χ0) is 16.2. The molecule has 5 heteroatoms. The molecule has 0 bridgehead atoms. The minimum absolute atomic E-state index is 0.562. The third-order valence-corrected chi connectivity index (χ3v) is 4.99. The Kier molecular flexibility index (Phi) is 4.49. The smallest absolute Gasteiger partial charge is 0.135 e. The Labute approximate surface area is 143 Å². The second-order valence-corrected chi connectivity index (χ2v) is 6.78. The van der Waals surface area contributed by atoms with Gasteiger partial charge in [0, 0.05) is 36.6 Å². The van der Waals surface area contributed by atoms with Crippen molar-refractivity contribution in [3.63, 3.8) is 0 Å². The van der Waals surface area contributed by atoms with Gasteiger partial charge in [-0.3, -0.25) is 0 Å². The summed E-state index contributed by atoms with van der Waals surface area (Å²) in [4.78, 5) is 11.1. The molecule has 5 nitrogen and oxygen atoms in total. The summed E-state index contributed by atoms with van der Waals surface area (Å²) >= 11 is 0. The Bertz CT molecular complexity index is 658. The van der Waals surface area contributed by atoms with Gasteiger partial charge in [-0.1, -0.05) is 12.8 Å². The van der Waals surface area contributed by atoms with Crippen LogP contribution in [0.4, 0.5) is 23.0 Å². The molecule has 0 spiro atoms. The number of benzene rings is 1. The van der Waals surface area contributed by atoms with Crippen LogP contribution in [0.25, 0.3) is 0 Å². The second-order valence-electron chi connectivity index (χ2n) is 6.78. The van der Waals surface area contributed by atoms with Crippen molar-refractivity contribution in [1.82, 2.24) is 9.97 Å². The van der Waals surface area contributed by atoms with E-state index in [1.807, 2.05) is 6.07 Å². The van der Waals surface area contributed by atoms with E-state index in [0.29, 0.717) is 6.04 Å². The summed E-state index contributed by atoms with van der Waals surface area (Å²) in [6, 6.07) is 11.2. The number of rotatable bonds is 5. The van der Waals surface area contributed by atoms with Crippen LogP contribution in [0.5, 0.6) is 0 Å². The zero-order valence-electron chi connectivity index (χ0n) is 14.0. The van der Waals surface area contributed by atoms with E-state index in [1.165, 1.54) is 57.3 Å². The van der Waals surface area contributed by atoms with Crippen molar-refractivity contribution in [3.8, 4) is 0 Å². The summed E-state index contributed by atoms with van der Waals surface area (Å²) < 4.78 is 0. The van der Waals surface area contributed by atoms with Crippen LogP contribution in [0.15, 0.2) is 36.7 Å². The van der Waals surface area contributed by atoms with Crippen molar-refractivity contribution >= 4 is 23.0 Å². The predicted octanol–water partition coefficient (Wildman–Crippen LogP) is 4.17. The van der Waals surface area contributed by atoms with Gasteiger partial charge in [0.05, 0.1) is 0 Å². The first-order valence-corrected chi connectivity index (χ1v) is 9.07. The quantitative estimate of drug-likeness (QED) is 0.865.